The number of aryl methyl sites for hydroxylation is 4. The number of anilines is 1. The van der Waals surface area contributed by atoms with Crippen molar-refractivity contribution >= 4 is 22.5 Å². The lowest BCUT2D eigenvalue weighted by molar-refractivity contribution is -0.119. The zero-order valence-electron chi connectivity index (χ0n) is 19.0. The number of nitrogens with one attached hydrogen (secondary N) is 1. The summed E-state index contributed by atoms with van der Waals surface area (Å²) >= 11 is 0. The number of nitrogens with zero attached hydrogens (tertiary/aromatic N) is 4. The van der Waals surface area contributed by atoms with Gasteiger partial charge in [0, 0.05) is 5.69 Å². The van der Waals surface area contributed by atoms with Gasteiger partial charge in [0.05, 0.1) is 22.5 Å². The number of amides is 1. The summed E-state index contributed by atoms with van der Waals surface area (Å²) in [6.07, 6.45) is 0.431. The molecule has 1 N–H and O–H groups in total. The van der Waals surface area contributed by atoms with Crippen LogP contribution in [0.25, 0.3) is 16.6 Å². The molecule has 0 saturated carbocycles. The summed E-state index contributed by atoms with van der Waals surface area (Å²) < 4.78 is 3.06. The van der Waals surface area contributed by atoms with E-state index >= 15 is 0 Å². The third kappa shape index (κ3) is 3.70. The number of fused-ring (bicyclic) bond motifs is 1. The van der Waals surface area contributed by atoms with Crippen LogP contribution in [0.2, 0.25) is 0 Å². The average Bonchev–Trinajstić information content (AvgIpc) is 3.13. The fraction of sp³-hybridized carbons (Fsp3) is 0.280. The van der Waals surface area contributed by atoms with Gasteiger partial charge in [-0.3, -0.25) is 9.59 Å². The predicted octanol–water partition coefficient (Wildman–Crippen LogP) is 4.41. The first kappa shape index (κ1) is 21.5. The number of para-hydroxylation sites is 1. The van der Waals surface area contributed by atoms with Gasteiger partial charge in [-0.2, -0.15) is 10.2 Å². The second kappa shape index (κ2) is 8.42. The van der Waals surface area contributed by atoms with Crippen LogP contribution in [-0.2, 0) is 4.79 Å². The fourth-order valence-electron chi connectivity index (χ4n) is 3.97. The third-order valence-corrected chi connectivity index (χ3v) is 5.77. The van der Waals surface area contributed by atoms with Crippen molar-refractivity contribution in [3.63, 3.8) is 0 Å². The van der Waals surface area contributed by atoms with E-state index in [1.807, 2.05) is 83.1 Å². The summed E-state index contributed by atoms with van der Waals surface area (Å²) in [7, 11) is 0. The summed E-state index contributed by atoms with van der Waals surface area (Å²) in [5.41, 5.74) is 5.20. The molecule has 2 aromatic heterocycles. The number of aromatic nitrogens is 4. The Hall–Kier alpha value is -3.74. The number of rotatable bonds is 5. The quantitative estimate of drug-likeness (QED) is 0.510. The molecule has 0 aliphatic heterocycles. The lowest BCUT2D eigenvalue weighted by Crippen LogP contribution is -2.35. The Labute approximate surface area is 186 Å². The Kier molecular flexibility index (Phi) is 5.65. The van der Waals surface area contributed by atoms with E-state index in [9.17, 15) is 9.59 Å². The van der Waals surface area contributed by atoms with Crippen LogP contribution in [0.3, 0.4) is 0 Å². The molecule has 7 nitrogen and oxygen atoms in total. The second-order valence-corrected chi connectivity index (χ2v) is 8.12. The summed E-state index contributed by atoms with van der Waals surface area (Å²) in [4.78, 5) is 26.7. The van der Waals surface area contributed by atoms with E-state index in [1.54, 1.807) is 4.68 Å². The molecule has 7 heteroatoms. The Bertz CT molecular complexity index is 1370. The minimum atomic E-state index is -0.731. The SMILES string of the molecule is CC[C@H](C(=O)Nc1cc(C)ccc1C)n1nc(C)c2nn(-c3ccccc3)c(C)c2c1=O. The topological polar surface area (TPSA) is 81.8 Å². The van der Waals surface area contributed by atoms with Gasteiger partial charge in [0.1, 0.15) is 11.6 Å². The van der Waals surface area contributed by atoms with Crippen molar-refractivity contribution in [2.75, 3.05) is 5.32 Å². The normalized spacial score (nSPS) is 12.2. The zero-order chi connectivity index (χ0) is 23.0. The summed E-state index contributed by atoms with van der Waals surface area (Å²) in [6.45, 7) is 9.47. The average molecular weight is 430 g/mol. The molecule has 0 bridgehead atoms. The number of benzene rings is 2. The molecule has 164 valence electrons. The standard InChI is InChI=1S/C25H27N5O2/c1-6-21(24(31)26-20-14-15(2)12-13-16(20)3)30-25(32)22-18(5)29(19-10-8-7-9-11-19)28-23(22)17(4)27-30/h7-14,21H,6H2,1-5H3,(H,26,31)/t21-/m1/s1. The largest absolute Gasteiger partial charge is 0.324 e. The van der Waals surface area contributed by atoms with Crippen molar-refractivity contribution in [3.8, 4) is 5.69 Å². The first-order valence-electron chi connectivity index (χ1n) is 10.7. The molecule has 2 heterocycles. The van der Waals surface area contributed by atoms with Crippen LogP contribution in [0.1, 0.15) is 41.9 Å². The van der Waals surface area contributed by atoms with Gasteiger partial charge in [0.25, 0.3) is 5.56 Å². The Morgan fingerprint density at radius 3 is 2.44 bits per heavy atom. The number of carbonyl (C=O) groups excluding carboxylic acids is 1. The highest BCUT2D eigenvalue weighted by atomic mass is 16.2. The molecule has 0 spiro atoms. The van der Waals surface area contributed by atoms with E-state index < -0.39 is 6.04 Å². The molecule has 0 radical (unpaired) electrons. The summed E-state index contributed by atoms with van der Waals surface area (Å²) in [5, 5.41) is 12.6. The van der Waals surface area contributed by atoms with Crippen molar-refractivity contribution < 1.29 is 4.79 Å². The zero-order valence-corrected chi connectivity index (χ0v) is 19.0. The van der Waals surface area contributed by atoms with Gasteiger partial charge in [-0.05, 0) is 63.4 Å². The second-order valence-electron chi connectivity index (χ2n) is 8.12. The number of hydrogen-bond donors (Lipinski definition) is 1. The Morgan fingerprint density at radius 1 is 1.03 bits per heavy atom. The van der Waals surface area contributed by atoms with E-state index in [0.29, 0.717) is 23.0 Å². The molecule has 2 aromatic carbocycles. The predicted molar refractivity (Wildman–Crippen MR) is 126 cm³/mol. The lowest BCUT2D eigenvalue weighted by atomic mass is 10.1. The number of hydrogen-bond acceptors (Lipinski definition) is 4. The van der Waals surface area contributed by atoms with Crippen LogP contribution < -0.4 is 10.9 Å². The molecule has 1 amide bonds. The molecule has 0 saturated heterocycles. The maximum atomic E-state index is 13.5. The molecule has 0 unspecified atom stereocenters. The maximum absolute atomic E-state index is 13.5. The highest BCUT2D eigenvalue weighted by Crippen LogP contribution is 2.23. The van der Waals surface area contributed by atoms with E-state index in [-0.39, 0.29) is 11.5 Å². The molecule has 1 atom stereocenters. The minimum absolute atomic E-state index is 0.261. The summed E-state index contributed by atoms with van der Waals surface area (Å²) in [5.74, 6) is -0.261. The fourth-order valence-corrected chi connectivity index (χ4v) is 3.97. The maximum Gasteiger partial charge on any atom is 0.278 e. The van der Waals surface area contributed by atoms with E-state index in [1.165, 1.54) is 4.68 Å². The Balaban J connectivity index is 1.80. The van der Waals surface area contributed by atoms with Crippen molar-refractivity contribution in [1.29, 1.82) is 0 Å². The lowest BCUT2D eigenvalue weighted by Gasteiger charge is -2.18. The van der Waals surface area contributed by atoms with Crippen LogP contribution in [0.15, 0.2) is 53.3 Å². The van der Waals surface area contributed by atoms with E-state index in [2.05, 4.69) is 15.5 Å². The van der Waals surface area contributed by atoms with Crippen molar-refractivity contribution in [2.45, 2.75) is 47.1 Å². The van der Waals surface area contributed by atoms with Crippen LogP contribution in [0, 0.1) is 27.7 Å². The monoisotopic (exact) mass is 429 g/mol. The van der Waals surface area contributed by atoms with Gasteiger partial charge >= 0.3 is 0 Å². The first-order valence-corrected chi connectivity index (χ1v) is 10.7. The molecule has 0 fully saturated rings. The van der Waals surface area contributed by atoms with Crippen LogP contribution in [-0.4, -0.2) is 25.5 Å². The highest BCUT2D eigenvalue weighted by molar-refractivity contribution is 5.94. The molecular weight excluding hydrogens is 402 g/mol. The minimum Gasteiger partial charge on any atom is -0.324 e. The van der Waals surface area contributed by atoms with Crippen molar-refractivity contribution in [1.82, 2.24) is 19.6 Å². The third-order valence-electron chi connectivity index (χ3n) is 5.77. The highest BCUT2D eigenvalue weighted by Gasteiger charge is 2.25. The molecular formula is C25H27N5O2. The van der Waals surface area contributed by atoms with Gasteiger partial charge in [-0.25, -0.2) is 9.36 Å². The molecule has 4 aromatic rings. The van der Waals surface area contributed by atoms with Crippen molar-refractivity contribution in [3.05, 3.63) is 81.4 Å². The van der Waals surface area contributed by atoms with Crippen LogP contribution in [0.5, 0.6) is 0 Å². The molecule has 32 heavy (non-hydrogen) atoms. The smallest absolute Gasteiger partial charge is 0.278 e. The van der Waals surface area contributed by atoms with Gasteiger partial charge in [0.15, 0.2) is 0 Å². The first-order chi connectivity index (χ1) is 15.3. The van der Waals surface area contributed by atoms with Gasteiger partial charge in [-0.1, -0.05) is 37.3 Å². The van der Waals surface area contributed by atoms with Crippen LogP contribution in [0.4, 0.5) is 5.69 Å². The van der Waals surface area contributed by atoms with Gasteiger partial charge in [-0.15, -0.1) is 0 Å². The van der Waals surface area contributed by atoms with Crippen LogP contribution >= 0.6 is 0 Å². The van der Waals surface area contributed by atoms with Gasteiger partial charge in [0.2, 0.25) is 5.91 Å². The van der Waals surface area contributed by atoms with Gasteiger partial charge < -0.3 is 5.32 Å². The van der Waals surface area contributed by atoms with E-state index in [4.69, 9.17) is 0 Å². The van der Waals surface area contributed by atoms with E-state index in [0.717, 1.165) is 28.2 Å². The van der Waals surface area contributed by atoms with Crippen molar-refractivity contribution in [2.24, 2.45) is 0 Å². The number of carbonyl (C=O) groups is 1. The Morgan fingerprint density at radius 2 is 1.75 bits per heavy atom. The molecule has 4 rings (SSSR count). The molecule has 0 aliphatic rings. The molecule has 0 aliphatic carbocycles. The summed E-state index contributed by atoms with van der Waals surface area (Å²) in [6, 6.07) is 14.8.